The van der Waals surface area contributed by atoms with Crippen molar-refractivity contribution in [3.63, 3.8) is 0 Å². The summed E-state index contributed by atoms with van der Waals surface area (Å²) in [7, 11) is 0. The van der Waals surface area contributed by atoms with E-state index in [0.29, 0.717) is 10.7 Å². The highest BCUT2D eigenvalue weighted by Gasteiger charge is 2.20. The topological polar surface area (TPSA) is 78.4 Å². The van der Waals surface area contributed by atoms with Gasteiger partial charge in [-0.2, -0.15) is 0 Å². The standard InChI is InChI=1S/C12H15ClN2O3/c1-7(11(16)17)8(2)14-12(18)15-10-5-3-4-9(13)6-10/h3-8H,1-2H3,(H,16,17)(H2,14,15,18). The van der Waals surface area contributed by atoms with Crippen molar-refractivity contribution in [3.8, 4) is 0 Å². The molecule has 0 aliphatic carbocycles. The van der Waals surface area contributed by atoms with E-state index in [2.05, 4.69) is 10.6 Å². The molecule has 0 saturated heterocycles. The minimum Gasteiger partial charge on any atom is -0.481 e. The Morgan fingerprint density at radius 2 is 2.00 bits per heavy atom. The van der Waals surface area contributed by atoms with Crippen LogP contribution in [0.5, 0.6) is 0 Å². The third-order valence-electron chi connectivity index (χ3n) is 2.58. The highest BCUT2D eigenvalue weighted by atomic mass is 35.5. The van der Waals surface area contributed by atoms with Gasteiger partial charge in [0.05, 0.1) is 5.92 Å². The summed E-state index contributed by atoms with van der Waals surface area (Å²) in [6.07, 6.45) is 0. The van der Waals surface area contributed by atoms with Gasteiger partial charge in [0.1, 0.15) is 0 Å². The van der Waals surface area contributed by atoms with Crippen LogP contribution in [0, 0.1) is 5.92 Å². The molecular weight excluding hydrogens is 256 g/mol. The molecule has 0 radical (unpaired) electrons. The van der Waals surface area contributed by atoms with Crippen LogP contribution in [-0.2, 0) is 4.79 Å². The Balaban J connectivity index is 2.54. The second-order valence-electron chi connectivity index (χ2n) is 4.02. The Morgan fingerprint density at radius 3 is 2.56 bits per heavy atom. The summed E-state index contributed by atoms with van der Waals surface area (Å²) in [6.45, 7) is 3.17. The molecule has 0 bridgehead atoms. The normalized spacial score (nSPS) is 13.5. The van der Waals surface area contributed by atoms with Crippen LogP contribution in [0.15, 0.2) is 24.3 Å². The highest BCUT2D eigenvalue weighted by Crippen LogP contribution is 2.14. The van der Waals surface area contributed by atoms with Gasteiger partial charge in [0, 0.05) is 16.8 Å². The van der Waals surface area contributed by atoms with E-state index in [9.17, 15) is 9.59 Å². The van der Waals surface area contributed by atoms with Crippen LogP contribution < -0.4 is 10.6 Å². The Bertz CT molecular complexity index is 451. The van der Waals surface area contributed by atoms with Crippen molar-refractivity contribution in [2.45, 2.75) is 19.9 Å². The first-order valence-corrected chi connectivity index (χ1v) is 5.84. The molecule has 18 heavy (non-hydrogen) atoms. The lowest BCUT2D eigenvalue weighted by Crippen LogP contribution is -2.42. The lowest BCUT2D eigenvalue weighted by molar-refractivity contribution is -0.141. The number of hydrogen-bond donors (Lipinski definition) is 3. The SMILES string of the molecule is CC(NC(=O)Nc1cccc(Cl)c1)C(C)C(=O)O. The van der Waals surface area contributed by atoms with Crippen molar-refractivity contribution in [2.75, 3.05) is 5.32 Å². The lowest BCUT2D eigenvalue weighted by atomic mass is 10.0. The van der Waals surface area contributed by atoms with Crippen molar-refractivity contribution >= 4 is 29.3 Å². The Hall–Kier alpha value is -1.75. The largest absolute Gasteiger partial charge is 0.481 e. The molecule has 1 aromatic carbocycles. The highest BCUT2D eigenvalue weighted by molar-refractivity contribution is 6.30. The Kier molecular flexibility index (Phi) is 4.97. The summed E-state index contributed by atoms with van der Waals surface area (Å²) in [5, 5.41) is 14.5. The minimum atomic E-state index is -0.953. The van der Waals surface area contributed by atoms with E-state index in [0.717, 1.165) is 0 Å². The number of benzene rings is 1. The molecule has 0 aliphatic rings. The number of rotatable bonds is 4. The summed E-state index contributed by atoms with van der Waals surface area (Å²) < 4.78 is 0. The van der Waals surface area contributed by atoms with Gasteiger partial charge in [0.2, 0.25) is 0 Å². The summed E-state index contributed by atoms with van der Waals surface area (Å²) >= 11 is 5.78. The van der Waals surface area contributed by atoms with Gasteiger partial charge < -0.3 is 15.7 Å². The molecule has 1 aromatic rings. The molecule has 5 nitrogen and oxygen atoms in total. The zero-order chi connectivity index (χ0) is 13.7. The first kappa shape index (κ1) is 14.3. The average molecular weight is 271 g/mol. The summed E-state index contributed by atoms with van der Waals surface area (Å²) in [5.74, 6) is -1.61. The van der Waals surface area contributed by atoms with Gasteiger partial charge in [-0.15, -0.1) is 0 Å². The van der Waals surface area contributed by atoms with Gasteiger partial charge in [-0.25, -0.2) is 4.79 Å². The van der Waals surface area contributed by atoms with Gasteiger partial charge in [0.25, 0.3) is 0 Å². The molecular formula is C12H15ClN2O3. The zero-order valence-electron chi connectivity index (χ0n) is 10.1. The van der Waals surface area contributed by atoms with E-state index in [1.54, 1.807) is 31.2 Å². The summed E-state index contributed by atoms with van der Waals surface area (Å²) in [5.41, 5.74) is 0.551. The summed E-state index contributed by atoms with van der Waals surface area (Å²) in [6, 6.07) is 5.77. The number of aliphatic carboxylic acids is 1. The van der Waals surface area contributed by atoms with Gasteiger partial charge in [-0.3, -0.25) is 4.79 Å². The maximum Gasteiger partial charge on any atom is 0.319 e. The smallest absolute Gasteiger partial charge is 0.319 e. The fraction of sp³-hybridized carbons (Fsp3) is 0.333. The molecule has 0 saturated carbocycles. The fourth-order valence-corrected chi connectivity index (χ4v) is 1.47. The zero-order valence-corrected chi connectivity index (χ0v) is 10.9. The quantitative estimate of drug-likeness (QED) is 0.787. The number of carboxylic acids is 1. The molecule has 0 spiro atoms. The van der Waals surface area contributed by atoms with E-state index in [4.69, 9.17) is 16.7 Å². The van der Waals surface area contributed by atoms with E-state index in [-0.39, 0.29) is 0 Å². The fourth-order valence-electron chi connectivity index (χ4n) is 1.28. The van der Waals surface area contributed by atoms with E-state index in [1.165, 1.54) is 6.92 Å². The number of halogens is 1. The van der Waals surface area contributed by atoms with Crippen LogP contribution in [-0.4, -0.2) is 23.1 Å². The molecule has 0 heterocycles. The maximum atomic E-state index is 11.6. The monoisotopic (exact) mass is 270 g/mol. The molecule has 0 aliphatic heterocycles. The molecule has 0 aromatic heterocycles. The van der Waals surface area contributed by atoms with Crippen LogP contribution in [0.3, 0.4) is 0 Å². The van der Waals surface area contributed by atoms with E-state index in [1.807, 2.05) is 0 Å². The second-order valence-corrected chi connectivity index (χ2v) is 4.46. The number of carbonyl (C=O) groups excluding carboxylic acids is 1. The second kappa shape index (κ2) is 6.26. The molecule has 2 unspecified atom stereocenters. The predicted octanol–water partition coefficient (Wildman–Crippen LogP) is 2.57. The molecule has 0 fully saturated rings. The summed E-state index contributed by atoms with van der Waals surface area (Å²) in [4.78, 5) is 22.3. The van der Waals surface area contributed by atoms with Gasteiger partial charge in [-0.05, 0) is 32.0 Å². The third kappa shape index (κ3) is 4.25. The first-order valence-electron chi connectivity index (χ1n) is 5.46. The first-order chi connectivity index (χ1) is 8.40. The third-order valence-corrected chi connectivity index (χ3v) is 2.82. The Morgan fingerprint density at radius 1 is 1.33 bits per heavy atom. The van der Waals surface area contributed by atoms with Gasteiger partial charge in [0.15, 0.2) is 0 Å². The van der Waals surface area contributed by atoms with E-state index >= 15 is 0 Å². The van der Waals surface area contributed by atoms with Crippen molar-refractivity contribution < 1.29 is 14.7 Å². The molecule has 6 heteroatoms. The van der Waals surface area contributed by atoms with Crippen molar-refractivity contribution in [2.24, 2.45) is 5.92 Å². The van der Waals surface area contributed by atoms with Gasteiger partial charge in [-0.1, -0.05) is 17.7 Å². The average Bonchev–Trinajstić information content (AvgIpc) is 2.27. The number of urea groups is 1. The number of nitrogens with one attached hydrogen (secondary N) is 2. The number of amides is 2. The van der Waals surface area contributed by atoms with E-state index < -0.39 is 24.0 Å². The van der Waals surface area contributed by atoms with Crippen LogP contribution >= 0.6 is 11.6 Å². The molecule has 98 valence electrons. The lowest BCUT2D eigenvalue weighted by Gasteiger charge is -2.18. The number of carboxylic acid groups (broad SMARTS) is 1. The van der Waals surface area contributed by atoms with Crippen LogP contribution in [0.25, 0.3) is 0 Å². The van der Waals surface area contributed by atoms with Crippen LogP contribution in [0.4, 0.5) is 10.5 Å². The Labute approximate surface area is 110 Å². The molecule has 2 atom stereocenters. The molecule has 1 rings (SSSR count). The maximum absolute atomic E-state index is 11.6. The minimum absolute atomic E-state index is 0.460. The molecule has 3 N–H and O–H groups in total. The van der Waals surface area contributed by atoms with Crippen molar-refractivity contribution in [3.05, 3.63) is 29.3 Å². The molecule has 2 amide bonds. The predicted molar refractivity (Wildman–Crippen MR) is 69.9 cm³/mol. The van der Waals surface area contributed by atoms with Crippen molar-refractivity contribution in [1.82, 2.24) is 5.32 Å². The van der Waals surface area contributed by atoms with Crippen LogP contribution in [0.1, 0.15) is 13.8 Å². The number of hydrogen-bond acceptors (Lipinski definition) is 2. The van der Waals surface area contributed by atoms with Crippen molar-refractivity contribution in [1.29, 1.82) is 0 Å². The van der Waals surface area contributed by atoms with Crippen LogP contribution in [0.2, 0.25) is 5.02 Å². The number of carbonyl (C=O) groups is 2. The number of anilines is 1. The van der Waals surface area contributed by atoms with Gasteiger partial charge >= 0.3 is 12.0 Å².